The zero-order valence-corrected chi connectivity index (χ0v) is 18.8. The van der Waals surface area contributed by atoms with Crippen molar-refractivity contribution in [2.45, 2.75) is 70.3 Å². The highest BCUT2D eigenvalue weighted by Crippen LogP contribution is 2.53. The van der Waals surface area contributed by atoms with Crippen molar-refractivity contribution in [3.8, 4) is 0 Å². The van der Waals surface area contributed by atoms with Crippen LogP contribution in [0.15, 0.2) is 30.4 Å². The normalized spacial score (nSPS) is 31.8. The van der Waals surface area contributed by atoms with Crippen molar-refractivity contribution in [1.82, 2.24) is 5.32 Å². The van der Waals surface area contributed by atoms with Gasteiger partial charge in [0.25, 0.3) is 5.91 Å². The molecule has 0 radical (unpaired) electrons. The molecule has 5 atom stereocenters. The summed E-state index contributed by atoms with van der Waals surface area (Å²) in [6, 6.07) is 6.16. The molecule has 170 valence electrons. The van der Waals surface area contributed by atoms with E-state index in [0.29, 0.717) is 6.54 Å². The van der Waals surface area contributed by atoms with Crippen LogP contribution in [-0.4, -0.2) is 48.2 Å². The van der Waals surface area contributed by atoms with Crippen LogP contribution < -0.4 is 10.2 Å². The highest BCUT2D eigenvalue weighted by atomic mass is 16.6. The molecule has 2 amide bonds. The van der Waals surface area contributed by atoms with Gasteiger partial charge in [-0.25, -0.2) is 0 Å². The molecule has 0 unspecified atom stereocenters. The number of amides is 2. The number of ether oxygens (including phenoxy) is 2. The smallest absolute Gasteiger partial charge is 0.313 e. The van der Waals surface area contributed by atoms with E-state index in [-0.39, 0.29) is 17.9 Å². The van der Waals surface area contributed by atoms with Crippen molar-refractivity contribution in [3.63, 3.8) is 0 Å². The Morgan fingerprint density at radius 2 is 1.88 bits per heavy atom. The fourth-order valence-corrected chi connectivity index (χ4v) is 5.79. The van der Waals surface area contributed by atoms with Crippen LogP contribution in [0.5, 0.6) is 0 Å². The molecule has 3 fully saturated rings. The zero-order chi connectivity index (χ0) is 22.6. The van der Waals surface area contributed by atoms with Crippen molar-refractivity contribution in [2.24, 2.45) is 11.8 Å². The van der Waals surface area contributed by atoms with Crippen molar-refractivity contribution in [1.29, 1.82) is 0 Å². The first-order valence-electron chi connectivity index (χ1n) is 11.6. The molecule has 1 aliphatic carbocycles. The standard InChI is InChI=1S/C25H30N2O5/c1-14-10-15(2)12-18(11-14)27-13-25-9-8-19(32-25)20(21(25)23(27)29)24(30)31-16(3)22(28)26-17-6-4-5-7-17/h8-12,16-17,19-21H,4-7,13H2,1-3H3,(H,26,28)/t16-,19-,20+,21-,25-/m1/s1. The van der Waals surface area contributed by atoms with E-state index in [1.165, 1.54) is 0 Å². The molecule has 0 aromatic heterocycles. The second-order valence-electron chi connectivity index (χ2n) is 9.74. The number of carbonyl (C=O) groups excluding carboxylic acids is 3. The molecule has 2 saturated heterocycles. The van der Waals surface area contributed by atoms with Gasteiger partial charge in [-0.3, -0.25) is 14.4 Å². The third-order valence-electron chi connectivity index (χ3n) is 7.25. The Labute approximate surface area is 188 Å². The number of carbonyl (C=O) groups is 3. The van der Waals surface area contributed by atoms with Gasteiger partial charge in [0, 0.05) is 11.7 Å². The lowest BCUT2D eigenvalue weighted by Gasteiger charge is -2.24. The summed E-state index contributed by atoms with van der Waals surface area (Å²) in [5, 5.41) is 2.96. The Bertz CT molecular complexity index is 978. The third kappa shape index (κ3) is 3.43. The Morgan fingerprint density at radius 3 is 2.56 bits per heavy atom. The topological polar surface area (TPSA) is 84.9 Å². The molecule has 7 nitrogen and oxygen atoms in total. The fourth-order valence-electron chi connectivity index (χ4n) is 5.79. The number of benzene rings is 1. The summed E-state index contributed by atoms with van der Waals surface area (Å²) in [6.45, 7) is 5.95. The second-order valence-corrected chi connectivity index (χ2v) is 9.74. The van der Waals surface area contributed by atoms with Gasteiger partial charge in [-0.1, -0.05) is 31.1 Å². The second kappa shape index (κ2) is 7.73. The van der Waals surface area contributed by atoms with Gasteiger partial charge in [0.05, 0.1) is 18.6 Å². The lowest BCUT2D eigenvalue weighted by Crippen LogP contribution is -2.44. The quantitative estimate of drug-likeness (QED) is 0.564. The van der Waals surface area contributed by atoms with E-state index in [2.05, 4.69) is 11.4 Å². The molecule has 4 aliphatic rings. The zero-order valence-electron chi connectivity index (χ0n) is 18.8. The van der Waals surface area contributed by atoms with E-state index in [1.807, 2.05) is 38.1 Å². The van der Waals surface area contributed by atoms with Crippen LogP contribution in [0.25, 0.3) is 0 Å². The molecule has 32 heavy (non-hydrogen) atoms. The van der Waals surface area contributed by atoms with Gasteiger partial charge in [-0.15, -0.1) is 0 Å². The number of esters is 1. The summed E-state index contributed by atoms with van der Waals surface area (Å²) in [5.41, 5.74) is 2.13. The highest BCUT2D eigenvalue weighted by molar-refractivity contribution is 6.03. The predicted octanol–water partition coefficient (Wildman–Crippen LogP) is 2.58. The molecule has 1 aromatic carbocycles. The number of hydrogen-bond donors (Lipinski definition) is 1. The van der Waals surface area contributed by atoms with Crippen molar-refractivity contribution in [2.75, 3.05) is 11.4 Å². The molecule has 1 N–H and O–H groups in total. The van der Waals surface area contributed by atoms with Gasteiger partial charge >= 0.3 is 5.97 Å². The SMILES string of the molecule is Cc1cc(C)cc(N2C[C@@]34C=C[C@@H](O3)[C@H](C(=O)O[C@H](C)C(=O)NC3CCCC3)[C@@H]4C2=O)c1. The summed E-state index contributed by atoms with van der Waals surface area (Å²) < 4.78 is 11.7. The van der Waals surface area contributed by atoms with Crippen molar-refractivity contribution < 1.29 is 23.9 Å². The van der Waals surface area contributed by atoms with E-state index in [1.54, 1.807) is 11.8 Å². The number of hydrogen-bond acceptors (Lipinski definition) is 5. The van der Waals surface area contributed by atoms with Gasteiger partial charge in [-0.2, -0.15) is 0 Å². The predicted molar refractivity (Wildman–Crippen MR) is 118 cm³/mol. The number of rotatable bonds is 5. The van der Waals surface area contributed by atoms with Gasteiger partial charge < -0.3 is 19.7 Å². The summed E-state index contributed by atoms with van der Waals surface area (Å²) in [5.74, 6) is -2.35. The number of fused-ring (bicyclic) bond motifs is 1. The first kappa shape index (κ1) is 21.2. The fraction of sp³-hybridized carbons (Fsp3) is 0.560. The molecular weight excluding hydrogens is 408 g/mol. The number of aryl methyl sites for hydroxylation is 2. The molecule has 3 aliphatic heterocycles. The maximum atomic E-state index is 13.5. The van der Waals surface area contributed by atoms with Gasteiger partial charge in [-0.05, 0) is 56.9 Å². The Balaban J connectivity index is 1.32. The average molecular weight is 439 g/mol. The molecule has 2 bridgehead atoms. The first-order valence-corrected chi connectivity index (χ1v) is 11.6. The molecular formula is C25H30N2O5. The van der Waals surface area contributed by atoms with Gasteiger partial charge in [0.2, 0.25) is 5.91 Å². The number of nitrogens with one attached hydrogen (secondary N) is 1. The Hall–Kier alpha value is -2.67. The van der Waals surface area contributed by atoms with Crippen LogP contribution in [0.1, 0.15) is 43.7 Å². The Morgan fingerprint density at radius 1 is 1.19 bits per heavy atom. The number of anilines is 1. The summed E-state index contributed by atoms with van der Waals surface area (Å²) in [6.07, 6.45) is 6.50. The van der Waals surface area contributed by atoms with Crippen LogP contribution in [0.2, 0.25) is 0 Å². The van der Waals surface area contributed by atoms with Crippen LogP contribution >= 0.6 is 0 Å². The minimum atomic E-state index is -0.908. The highest BCUT2D eigenvalue weighted by Gasteiger charge is 2.67. The molecule has 3 heterocycles. The minimum absolute atomic E-state index is 0.133. The first-order chi connectivity index (χ1) is 15.3. The Kier molecular flexibility index (Phi) is 5.12. The van der Waals surface area contributed by atoms with Crippen LogP contribution in [-0.2, 0) is 23.9 Å². The van der Waals surface area contributed by atoms with Crippen LogP contribution in [0.4, 0.5) is 5.69 Å². The third-order valence-corrected chi connectivity index (χ3v) is 7.25. The van der Waals surface area contributed by atoms with E-state index in [0.717, 1.165) is 42.5 Å². The van der Waals surface area contributed by atoms with Crippen LogP contribution in [0.3, 0.4) is 0 Å². The summed E-state index contributed by atoms with van der Waals surface area (Å²) in [4.78, 5) is 40.8. The average Bonchev–Trinajstić information content (AvgIpc) is 3.49. The minimum Gasteiger partial charge on any atom is -0.452 e. The monoisotopic (exact) mass is 438 g/mol. The van der Waals surface area contributed by atoms with E-state index < -0.39 is 35.6 Å². The van der Waals surface area contributed by atoms with Crippen molar-refractivity contribution in [3.05, 3.63) is 41.5 Å². The van der Waals surface area contributed by atoms with Gasteiger partial charge in [0.15, 0.2) is 6.10 Å². The lowest BCUT2D eigenvalue weighted by atomic mass is 9.77. The lowest BCUT2D eigenvalue weighted by molar-refractivity contribution is -0.161. The van der Waals surface area contributed by atoms with Crippen molar-refractivity contribution >= 4 is 23.5 Å². The maximum Gasteiger partial charge on any atom is 0.313 e. The molecule has 7 heteroatoms. The van der Waals surface area contributed by atoms with Crippen LogP contribution in [0, 0.1) is 25.7 Å². The molecule has 5 rings (SSSR count). The summed E-state index contributed by atoms with van der Waals surface area (Å²) in [7, 11) is 0. The molecule has 1 saturated carbocycles. The molecule has 1 aromatic rings. The van der Waals surface area contributed by atoms with E-state index in [4.69, 9.17) is 9.47 Å². The van der Waals surface area contributed by atoms with Gasteiger partial charge in [0.1, 0.15) is 11.5 Å². The number of nitrogens with zero attached hydrogens (tertiary/aromatic N) is 1. The van der Waals surface area contributed by atoms with E-state index >= 15 is 0 Å². The molecule has 1 spiro atoms. The van der Waals surface area contributed by atoms with E-state index in [9.17, 15) is 14.4 Å². The maximum absolute atomic E-state index is 13.5. The summed E-state index contributed by atoms with van der Waals surface area (Å²) >= 11 is 0. The largest absolute Gasteiger partial charge is 0.452 e.